The minimum atomic E-state index is -0.526. The van der Waals surface area contributed by atoms with Gasteiger partial charge in [-0.1, -0.05) is 60.7 Å². The van der Waals surface area contributed by atoms with Gasteiger partial charge in [0.15, 0.2) is 11.5 Å². The molecule has 0 unspecified atom stereocenters. The van der Waals surface area contributed by atoms with Gasteiger partial charge in [-0.15, -0.1) is 0 Å². The Hall–Kier alpha value is -4.89. The van der Waals surface area contributed by atoms with Gasteiger partial charge in [-0.05, 0) is 54.3 Å². The molecule has 0 heterocycles. The minimum Gasteiger partial charge on any atom is -0.490 e. The maximum absolute atomic E-state index is 12.9. The number of carbonyl (C=O) groups excluding carboxylic acids is 2. The first kappa shape index (κ1) is 23.3. The lowest BCUT2D eigenvalue weighted by molar-refractivity contribution is -0.112. The van der Waals surface area contributed by atoms with Crippen molar-refractivity contribution in [1.82, 2.24) is 0 Å². The van der Waals surface area contributed by atoms with Crippen LogP contribution in [0.15, 0.2) is 96.6 Å². The summed E-state index contributed by atoms with van der Waals surface area (Å²) >= 11 is 0. The van der Waals surface area contributed by atoms with Crippen molar-refractivity contribution >= 4 is 34.4 Å². The van der Waals surface area contributed by atoms with Gasteiger partial charge < -0.3 is 14.8 Å². The van der Waals surface area contributed by atoms with Crippen molar-refractivity contribution in [2.24, 2.45) is 0 Å². The summed E-state index contributed by atoms with van der Waals surface area (Å²) < 4.78 is 11.2. The topological polar surface area (TPSA) is 88.4 Å². The molecule has 0 aliphatic heterocycles. The highest BCUT2D eigenvalue weighted by Gasteiger charge is 2.15. The van der Waals surface area contributed by atoms with E-state index >= 15 is 0 Å². The molecular formula is C29H22N2O4. The van der Waals surface area contributed by atoms with E-state index in [4.69, 9.17) is 9.47 Å². The first-order valence-electron chi connectivity index (χ1n) is 11.0. The number of nitrogens with one attached hydrogen (secondary N) is 1. The number of anilines is 1. The average molecular weight is 463 g/mol. The predicted octanol–water partition coefficient (Wildman–Crippen LogP) is 6.00. The molecule has 0 aliphatic rings. The fourth-order valence-electron chi connectivity index (χ4n) is 3.54. The molecule has 4 aromatic carbocycles. The third kappa shape index (κ3) is 5.55. The number of rotatable bonds is 7. The normalized spacial score (nSPS) is 10.9. The highest BCUT2D eigenvalue weighted by atomic mass is 16.6. The minimum absolute atomic E-state index is 0.0746. The zero-order chi connectivity index (χ0) is 24.6. The molecule has 0 saturated carbocycles. The van der Waals surface area contributed by atoms with Crippen molar-refractivity contribution in [3.05, 3.63) is 108 Å². The van der Waals surface area contributed by atoms with Gasteiger partial charge in [0, 0.05) is 11.1 Å². The first-order valence-corrected chi connectivity index (χ1v) is 11.0. The molecule has 6 heteroatoms. The number of carbonyl (C=O) groups is 2. The number of hydrogen-bond acceptors (Lipinski definition) is 5. The van der Waals surface area contributed by atoms with Gasteiger partial charge in [0.1, 0.15) is 11.6 Å². The summed E-state index contributed by atoms with van der Waals surface area (Å²) in [5.74, 6) is -0.461. The lowest BCUT2D eigenvalue weighted by Crippen LogP contribution is -2.13. The summed E-state index contributed by atoms with van der Waals surface area (Å²) in [4.78, 5) is 25.3. The Morgan fingerprint density at radius 1 is 0.914 bits per heavy atom. The second-order valence-corrected chi connectivity index (χ2v) is 7.55. The van der Waals surface area contributed by atoms with E-state index in [1.54, 1.807) is 48.5 Å². The Morgan fingerprint density at radius 3 is 2.43 bits per heavy atom. The second kappa shape index (κ2) is 10.8. The molecule has 0 saturated heterocycles. The smallest absolute Gasteiger partial charge is 0.343 e. The Labute approximate surface area is 203 Å². The number of fused-ring (bicyclic) bond motifs is 1. The van der Waals surface area contributed by atoms with Crippen LogP contribution in [-0.4, -0.2) is 18.5 Å². The van der Waals surface area contributed by atoms with Crippen LogP contribution in [0.1, 0.15) is 22.8 Å². The Bertz CT molecular complexity index is 1450. The van der Waals surface area contributed by atoms with Gasteiger partial charge in [-0.25, -0.2) is 4.79 Å². The van der Waals surface area contributed by atoms with Gasteiger partial charge in [-0.2, -0.15) is 5.26 Å². The third-order valence-corrected chi connectivity index (χ3v) is 5.19. The van der Waals surface area contributed by atoms with Gasteiger partial charge in [0.05, 0.1) is 12.2 Å². The monoisotopic (exact) mass is 462 g/mol. The van der Waals surface area contributed by atoms with E-state index in [-0.39, 0.29) is 11.3 Å². The summed E-state index contributed by atoms with van der Waals surface area (Å²) in [6, 6.07) is 28.7. The second-order valence-electron chi connectivity index (χ2n) is 7.55. The number of benzene rings is 4. The Morgan fingerprint density at radius 2 is 1.66 bits per heavy atom. The molecule has 1 amide bonds. The van der Waals surface area contributed by atoms with Crippen molar-refractivity contribution in [2.75, 3.05) is 11.9 Å². The van der Waals surface area contributed by atoms with Crippen LogP contribution in [0.5, 0.6) is 11.5 Å². The van der Waals surface area contributed by atoms with Crippen molar-refractivity contribution < 1.29 is 19.1 Å². The largest absolute Gasteiger partial charge is 0.490 e. The van der Waals surface area contributed by atoms with E-state index in [1.165, 1.54) is 6.08 Å². The Kier molecular flexibility index (Phi) is 7.19. The number of nitriles is 1. The molecule has 0 atom stereocenters. The highest BCUT2D eigenvalue weighted by Crippen LogP contribution is 2.30. The Balaban J connectivity index is 1.58. The fourth-order valence-corrected chi connectivity index (χ4v) is 3.54. The summed E-state index contributed by atoms with van der Waals surface area (Å²) in [6.45, 7) is 2.15. The molecule has 172 valence electrons. The summed E-state index contributed by atoms with van der Waals surface area (Å²) in [7, 11) is 0. The van der Waals surface area contributed by atoms with E-state index in [0.717, 1.165) is 10.8 Å². The lowest BCUT2D eigenvalue weighted by atomic mass is 10.1. The molecule has 6 nitrogen and oxygen atoms in total. The van der Waals surface area contributed by atoms with Crippen LogP contribution in [0.25, 0.3) is 16.8 Å². The van der Waals surface area contributed by atoms with Crippen LogP contribution in [0.4, 0.5) is 5.69 Å². The summed E-state index contributed by atoms with van der Waals surface area (Å²) in [5, 5.41) is 14.3. The van der Waals surface area contributed by atoms with E-state index in [0.29, 0.717) is 29.2 Å². The molecule has 0 spiro atoms. The third-order valence-electron chi connectivity index (χ3n) is 5.19. The van der Waals surface area contributed by atoms with Crippen molar-refractivity contribution in [3.8, 4) is 17.6 Å². The number of ether oxygens (including phenoxy) is 2. The van der Waals surface area contributed by atoms with E-state index < -0.39 is 11.9 Å². The zero-order valence-electron chi connectivity index (χ0n) is 19.0. The fraction of sp³-hybridized carbons (Fsp3) is 0.0690. The van der Waals surface area contributed by atoms with E-state index in [9.17, 15) is 14.9 Å². The number of hydrogen-bond donors (Lipinski definition) is 1. The van der Waals surface area contributed by atoms with Crippen molar-refractivity contribution in [3.63, 3.8) is 0 Å². The molecular weight excluding hydrogens is 440 g/mol. The number of amides is 1. The quantitative estimate of drug-likeness (QED) is 0.157. The molecule has 1 N–H and O–H groups in total. The van der Waals surface area contributed by atoms with Crippen LogP contribution in [0.3, 0.4) is 0 Å². The predicted molar refractivity (Wildman–Crippen MR) is 135 cm³/mol. The molecule has 35 heavy (non-hydrogen) atoms. The van der Waals surface area contributed by atoms with Crippen molar-refractivity contribution in [1.29, 1.82) is 5.26 Å². The average Bonchev–Trinajstić information content (AvgIpc) is 2.89. The van der Waals surface area contributed by atoms with Crippen LogP contribution >= 0.6 is 0 Å². The molecule has 0 fully saturated rings. The zero-order valence-corrected chi connectivity index (χ0v) is 19.0. The van der Waals surface area contributed by atoms with Gasteiger partial charge >= 0.3 is 5.97 Å². The standard InChI is InChI=1S/C29H22N2O4/c1-2-34-27-18-20(15-16-26(27)35-29(33)22-10-4-3-5-11-22)17-23(19-30)28(32)31-25-14-8-12-21-9-6-7-13-24(21)25/h3-18H,2H2,1H3,(H,31,32)/b23-17+. The van der Waals surface area contributed by atoms with Crippen LogP contribution in [-0.2, 0) is 4.79 Å². The number of esters is 1. The maximum Gasteiger partial charge on any atom is 0.343 e. The van der Waals surface area contributed by atoms with Crippen LogP contribution in [0.2, 0.25) is 0 Å². The maximum atomic E-state index is 12.9. The summed E-state index contributed by atoms with van der Waals surface area (Å²) in [5.41, 5.74) is 1.51. The van der Waals surface area contributed by atoms with Gasteiger partial charge in [0.25, 0.3) is 5.91 Å². The van der Waals surface area contributed by atoms with Gasteiger partial charge in [-0.3, -0.25) is 4.79 Å². The summed E-state index contributed by atoms with van der Waals surface area (Å²) in [6.07, 6.45) is 1.46. The van der Waals surface area contributed by atoms with Crippen molar-refractivity contribution in [2.45, 2.75) is 6.92 Å². The lowest BCUT2D eigenvalue weighted by Gasteiger charge is -2.12. The molecule has 0 bridgehead atoms. The van der Waals surface area contributed by atoms with E-state index in [1.807, 2.05) is 55.5 Å². The van der Waals surface area contributed by atoms with Crippen LogP contribution < -0.4 is 14.8 Å². The highest BCUT2D eigenvalue weighted by molar-refractivity contribution is 6.13. The molecule has 0 aromatic heterocycles. The molecule has 4 rings (SSSR count). The number of nitrogens with zero attached hydrogens (tertiary/aromatic N) is 1. The van der Waals surface area contributed by atoms with Crippen LogP contribution in [0, 0.1) is 11.3 Å². The molecule has 0 aliphatic carbocycles. The first-order chi connectivity index (χ1) is 17.1. The SMILES string of the molecule is CCOc1cc(/C=C(\C#N)C(=O)Nc2cccc3ccccc23)ccc1OC(=O)c1ccccc1. The van der Waals surface area contributed by atoms with Gasteiger partial charge in [0.2, 0.25) is 0 Å². The van der Waals surface area contributed by atoms with E-state index in [2.05, 4.69) is 5.32 Å². The molecule has 4 aromatic rings. The molecule has 0 radical (unpaired) electrons.